The zero-order valence-electron chi connectivity index (χ0n) is 10.8. The van der Waals surface area contributed by atoms with Crippen LogP contribution in [0.2, 0.25) is 0 Å². The Morgan fingerprint density at radius 2 is 2.22 bits per heavy atom. The molecule has 1 heterocycles. The second-order valence-corrected chi connectivity index (χ2v) is 5.81. The molecule has 1 aliphatic rings. The maximum atomic E-state index is 12.5. The van der Waals surface area contributed by atoms with E-state index < -0.39 is 0 Å². The van der Waals surface area contributed by atoms with Crippen molar-refractivity contribution in [1.29, 1.82) is 0 Å². The summed E-state index contributed by atoms with van der Waals surface area (Å²) in [6, 6.07) is 7.59. The summed E-state index contributed by atoms with van der Waals surface area (Å²) in [5.41, 5.74) is 7.48. The summed E-state index contributed by atoms with van der Waals surface area (Å²) < 4.78 is 0. The molecule has 0 aliphatic carbocycles. The summed E-state index contributed by atoms with van der Waals surface area (Å²) in [6.07, 6.45) is 3.38. The molecule has 2 N–H and O–H groups in total. The molecule has 0 aromatic heterocycles. The standard InChI is InChI=1S/C14H20N2OS/c1-2-16(12-8-4-3-7-11(12)15)14(17)13-9-5-6-10-18-13/h3-4,7-8,13H,2,5-6,9-10,15H2,1H3. The number of nitrogens with zero attached hydrogens (tertiary/aromatic N) is 1. The molecule has 1 aromatic carbocycles. The smallest absolute Gasteiger partial charge is 0.240 e. The summed E-state index contributed by atoms with van der Waals surface area (Å²) >= 11 is 1.78. The summed E-state index contributed by atoms with van der Waals surface area (Å²) in [7, 11) is 0. The second-order valence-electron chi connectivity index (χ2n) is 4.50. The molecule has 1 atom stereocenters. The van der Waals surface area contributed by atoms with E-state index in [1.807, 2.05) is 36.1 Å². The van der Waals surface area contributed by atoms with Gasteiger partial charge < -0.3 is 10.6 Å². The van der Waals surface area contributed by atoms with Crippen molar-refractivity contribution in [2.75, 3.05) is 22.9 Å². The van der Waals surface area contributed by atoms with Crippen molar-refractivity contribution in [1.82, 2.24) is 0 Å². The average molecular weight is 264 g/mol. The molecule has 0 saturated carbocycles. The van der Waals surface area contributed by atoms with E-state index in [4.69, 9.17) is 5.73 Å². The summed E-state index contributed by atoms with van der Waals surface area (Å²) in [4.78, 5) is 14.3. The van der Waals surface area contributed by atoms with Crippen LogP contribution in [0.15, 0.2) is 24.3 Å². The maximum absolute atomic E-state index is 12.5. The molecule has 2 rings (SSSR count). The number of para-hydroxylation sites is 2. The van der Waals surface area contributed by atoms with Crippen LogP contribution >= 0.6 is 11.8 Å². The van der Waals surface area contributed by atoms with E-state index in [-0.39, 0.29) is 11.2 Å². The lowest BCUT2D eigenvalue weighted by atomic mass is 10.1. The van der Waals surface area contributed by atoms with E-state index in [0.717, 1.165) is 24.3 Å². The first-order valence-corrected chi connectivity index (χ1v) is 7.56. The van der Waals surface area contributed by atoms with Gasteiger partial charge in [-0.15, -0.1) is 11.8 Å². The lowest BCUT2D eigenvalue weighted by Gasteiger charge is -2.28. The molecule has 0 bridgehead atoms. The molecule has 0 radical (unpaired) electrons. The molecule has 98 valence electrons. The van der Waals surface area contributed by atoms with Crippen molar-refractivity contribution in [2.24, 2.45) is 0 Å². The number of nitrogen functional groups attached to an aromatic ring is 1. The number of rotatable bonds is 3. The molecule has 1 fully saturated rings. The zero-order chi connectivity index (χ0) is 13.0. The molecule has 0 spiro atoms. The monoisotopic (exact) mass is 264 g/mol. The van der Waals surface area contributed by atoms with Crippen molar-refractivity contribution in [2.45, 2.75) is 31.4 Å². The van der Waals surface area contributed by atoms with Gasteiger partial charge >= 0.3 is 0 Å². The Balaban J connectivity index is 2.17. The van der Waals surface area contributed by atoms with Gasteiger partial charge in [-0.1, -0.05) is 18.6 Å². The molecule has 1 aliphatic heterocycles. The Labute approximate surface area is 113 Å². The van der Waals surface area contributed by atoms with Gasteiger partial charge in [-0.2, -0.15) is 0 Å². The second kappa shape index (κ2) is 6.14. The fourth-order valence-electron chi connectivity index (χ4n) is 2.29. The fraction of sp³-hybridized carbons (Fsp3) is 0.500. The highest BCUT2D eigenvalue weighted by Crippen LogP contribution is 2.30. The third kappa shape index (κ3) is 2.80. The fourth-order valence-corrected chi connectivity index (χ4v) is 3.55. The Morgan fingerprint density at radius 1 is 1.44 bits per heavy atom. The van der Waals surface area contributed by atoms with E-state index in [2.05, 4.69) is 0 Å². The molecule has 1 unspecified atom stereocenters. The number of thioether (sulfide) groups is 1. The van der Waals surface area contributed by atoms with E-state index in [1.54, 1.807) is 11.8 Å². The van der Waals surface area contributed by atoms with Crippen LogP contribution in [0.5, 0.6) is 0 Å². The highest BCUT2D eigenvalue weighted by molar-refractivity contribution is 8.00. The van der Waals surface area contributed by atoms with Crippen LogP contribution in [0.3, 0.4) is 0 Å². The first-order valence-electron chi connectivity index (χ1n) is 6.51. The number of carbonyl (C=O) groups is 1. The molecular formula is C14H20N2OS. The molecule has 4 heteroatoms. The first-order chi connectivity index (χ1) is 8.74. The highest BCUT2D eigenvalue weighted by atomic mass is 32.2. The third-order valence-electron chi connectivity index (χ3n) is 3.26. The van der Waals surface area contributed by atoms with Crippen LogP contribution in [-0.2, 0) is 4.79 Å². The van der Waals surface area contributed by atoms with Gasteiger partial charge in [0.2, 0.25) is 5.91 Å². The zero-order valence-corrected chi connectivity index (χ0v) is 11.6. The van der Waals surface area contributed by atoms with Gasteiger partial charge in [0.05, 0.1) is 16.6 Å². The molecule has 1 aromatic rings. The van der Waals surface area contributed by atoms with E-state index in [0.29, 0.717) is 12.2 Å². The molecule has 18 heavy (non-hydrogen) atoms. The molecule has 1 saturated heterocycles. The summed E-state index contributed by atoms with van der Waals surface area (Å²) in [6.45, 7) is 2.67. The van der Waals surface area contributed by atoms with Gasteiger partial charge in [-0.25, -0.2) is 0 Å². The predicted octanol–water partition coefficient (Wildman–Crippen LogP) is 2.91. The number of anilines is 2. The first kappa shape index (κ1) is 13.3. The van der Waals surface area contributed by atoms with Gasteiger partial charge in [0, 0.05) is 6.54 Å². The van der Waals surface area contributed by atoms with Crippen LogP contribution in [0.25, 0.3) is 0 Å². The largest absolute Gasteiger partial charge is 0.397 e. The highest BCUT2D eigenvalue weighted by Gasteiger charge is 2.27. The van der Waals surface area contributed by atoms with Crippen LogP contribution in [0.4, 0.5) is 11.4 Å². The number of hydrogen-bond acceptors (Lipinski definition) is 3. The molecular weight excluding hydrogens is 244 g/mol. The van der Waals surface area contributed by atoms with Crippen LogP contribution in [0.1, 0.15) is 26.2 Å². The van der Waals surface area contributed by atoms with Crippen molar-refractivity contribution < 1.29 is 4.79 Å². The summed E-state index contributed by atoms with van der Waals surface area (Å²) in [5.74, 6) is 1.30. The van der Waals surface area contributed by atoms with Gasteiger partial charge in [0.25, 0.3) is 0 Å². The van der Waals surface area contributed by atoms with E-state index >= 15 is 0 Å². The minimum absolute atomic E-state index is 0.110. The lowest BCUT2D eigenvalue weighted by Crippen LogP contribution is -2.39. The van der Waals surface area contributed by atoms with E-state index in [9.17, 15) is 4.79 Å². The Morgan fingerprint density at radius 3 is 2.83 bits per heavy atom. The van der Waals surface area contributed by atoms with Gasteiger partial charge in [0.1, 0.15) is 0 Å². The minimum atomic E-state index is 0.110. The Bertz CT molecular complexity index is 416. The number of hydrogen-bond donors (Lipinski definition) is 1. The number of nitrogens with two attached hydrogens (primary N) is 1. The van der Waals surface area contributed by atoms with Gasteiger partial charge in [-0.05, 0) is 37.7 Å². The van der Waals surface area contributed by atoms with Crippen LogP contribution in [0, 0.1) is 0 Å². The quantitative estimate of drug-likeness (QED) is 0.854. The van der Waals surface area contributed by atoms with Crippen LogP contribution in [-0.4, -0.2) is 23.5 Å². The minimum Gasteiger partial charge on any atom is -0.397 e. The lowest BCUT2D eigenvalue weighted by molar-refractivity contribution is -0.118. The number of benzene rings is 1. The number of carbonyl (C=O) groups excluding carboxylic acids is 1. The van der Waals surface area contributed by atoms with Crippen LogP contribution < -0.4 is 10.6 Å². The summed E-state index contributed by atoms with van der Waals surface area (Å²) in [5, 5.41) is 0.110. The van der Waals surface area contributed by atoms with Crippen molar-refractivity contribution in [3.05, 3.63) is 24.3 Å². The van der Waals surface area contributed by atoms with Crippen molar-refractivity contribution in [3.63, 3.8) is 0 Å². The normalized spacial score (nSPS) is 19.5. The van der Waals surface area contributed by atoms with Crippen molar-refractivity contribution in [3.8, 4) is 0 Å². The predicted molar refractivity (Wildman–Crippen MR) is 79.0 cm³/mol. The van der Waals surface area contributed by atoms with Crippen molar-refractivity contribution >= 4 is 29.0 Å². The SMILES string of the molecule is CCN(C(=O)C1CCCCS1)c1ccccc1N. The average Bonchev–Trinajstić information content (AvgIpc) is 2.42. The number of amides is 1. The van der Waals surface area contributed by atoms with Gasteiger partial charge in [-0.3, -0.25) is 4.79 Å². The topological polar surface area (TPSA) is 46.3 Å². The Hall–Kier alpha value is -1.16. The Kier molecular flexibility index (Phi) is 4.53. The van der Waals surface area contributed by atoms with Gasteiger partial charge in [0.15, 0.2) is 0 Å². The molecule has 1 amide bonds. The maximum Gasteiger partial charge on any atom is 0.240 e. The molecule has 3 nitrogen and oxygen atoms in total. The van der Waals surface area contributed by atoms with E-state index in [1.165, 1.54) is 6.42 Å². The third-order valence-corrected chi connectivity index (χ3v) is 4.63.